The summed E-state index contributed by atoms with van der Waals surface area (Å²) in [7, 11) is 0. The summed E-state index contributed by atoms with van der Waals surface area (Å²) < 4.78 is 27.1. The average Bonchev–Trinajstić information content (AvgIpc) is 3.86. The van der Waals surface area contributed by atoms with Gasteiger partial charge in [-0.3, -0.25) is 9.55 Å². The summed E-state index contributed by atoms with van der Waals surface area (Å²) in [5.74, 6) is 0.599. The quantitative estimate of drug-likeness (QED) is 0.154. The number of phenolic OH excluding ortho intramolecular Hbond substituents is 1. The number of aromatic hydroxyl groups is 1. The van der Waals surface area contributed by atoms with E-state index in [1.165, 1.54) is 22.3 Å². The number of hydrogen-bond acceptors (Lipinski definition) is 3. The van der Waals surface area contributed by atoms with Crippen LogP contribution in [0.1, 0.15) is 59.6 Å². The van der Waals surface area contributed by atoms with E-state index in [9.17, 15) is 5.11 Å². The predicted octanol–water partition coefficient (Wildman–Crippen LogP) is 15.2. The largest absolute Gasteiger partial charge is 0.507 e. The number of pyridine rings is 1. The van der Waals surface area contributed by atoms with Gasteiger partial charge in [-0.15, -0.1) is 17.7 Å². The van der Waals surface area contributed by atoms with Crippen LogP contribution in [0.4, 0.5) is 0 Å². The topological polar surface area (TPSA) is 50.9 Å². The van der Waals surface area contributed by atoms with Crippen LogP contribution in [0.2, 0.25) is 0 Å². The van der Waals surface area contributed by atoms with Crippen LogP contribution < -0.4 is 0 Å². The standard InChI is InChI=1S/C61H48N3O.Pt/c1-39-27-32-54(49(35-39)41-17-8-6-9-18-41)64-55-25-16-23-46(58(55)63-59(64)48-22-13-15-26-56(48)65)50-36-43(37-52-57(50)47-21-12-14-24-51(47)61(52,4)5)53-38-42(33-34-62-53)40-28-30-45(31-29-40)60(2,3)44-19-10-7-11-20-44;/h6-35,37-38,65H,1-5H3;/q-1;/i1D3;. The van der Waals surface area contributed by atoms with Crippen LogP contribution in [0.5, 0.6) is 5.75 Å². The van der Waals surface area contributed by atoms with Crippen LogP contribution in [0.15, 0.2) is 194 Å². The van der Waals surface area contributed by atoms with Gasteiger partial charge in [0.2, 0.25) is 0 Å². The van der Waals surface area contributed by atoms with Gasteiger partial charge in [-0.1, -0.05) is 201 Å². The predicted molar refractivity (Wildman–Crippen MR) is 267 cm³/mol. The zero-order valence-electron chi connectivity index (χ0n) is 40.1. The number of rotatable bonds is 8. The molecule has 2 aromatic heterocycles. The molecule has 1 N–H and O–H groups in total. The van der Waals surface area contributed by atoms with Gasteiger partial charge in [-0.05, 0) is 82.2 Å². The van der Waals surface area contributed by atoms with E-state index in [1.54, 1.807) is 24.3 Å². The molecule has 0 radical (unpaired) electrons. The maximum atomic E-state index is 11.5. The molecule has 2 heterocycles. The van der Waals surface area contributed by atoms with Gasteiger partial charge in [0.25, 0.3) is 0 Å². The molecule has 11 rings (SSSR count). The fourth-order valence-electron chi connectivity index (χ4n) is 9.91. The average molecular weight is 1040 g/mol. The Morgan fingerprint density at radius 3 is 2.05 bits per heavy atom. The van der Waals surface area contributed by atoms with E-state index in [0.29, 0.717) is 16.9 Å². The van der Waals surface area contributed by atoms with Crippen LogP contribution in [-0.2, 0) is 31.9 Å². The molecule has 5 heteroatoms. The van der Waals surface area contributed by atoms with Gasteiger partial charge in [-0.2, -0.15) is 0 Å². The van der Waals surface area contributed by atoms with Gasteiger partial charge in [0.15, 0.2) is 0 Å². The summed E-state index contributed by atoms with van der Waals surface area (Å²) in [6.07, 6.45) is 1.88. The second-order valence-corrected chi connectivity index (χ2v) is 18.1. The molecule has 8 aromatic carbocycles. The molecule has 0 saturated carbocycles. The smallest absolute Gasteiger partial charge is 0.148 e. The fraction of sp³-hybridized carbons (Fsp3) is 0.115. The number of imidazole rings is 1. The Bertz CT molecular complexity index is 3560. The fourth-order valence-corrected chi connectivity index (χ4v) is 9.91. The maximum Gasteiger partial charge on any atom is 0.148 e. The van der Waals surface area contributed by atoms with Crippen molar-refractivity contribution in [3.05, 3.63) is 228 Å². The van der Waals surface area contributed by atoms with Crippen LogP contribution in [0, 0.1) is 12.9 Å². The molecule has 1 aliphatic carbocycles. The van der Waals surface area contributed by atoms with Crippen molar-refractivity contribution in [3.63, 3.8) is 0 Å². The minimum atomic E-state index is -2.32. The molecule has 0 saturated heterocycles. The van der Waals surface area contributed by atoms with Crippen LogP contribution in [0.3, 0.4) is 0 Å². The van der Waals surface area contributed by atoms with Crippen molar-refractivity contribution in [2.24, 2.45) is 0 Å². The first kappa shape index (κ1) is 39.3. The third-order valence-corrected chi connectivity index (χ3v) is 13.5. The Morgan fingerprint density at radius 2 is 1.29 bits per heavy atom. The van der Waals surface area contributed by atoms with Crippen molar-refractivity contribution in [3.8, 4) is 78.6 Å². The van der Waals surface area contributed by atoms with E-state index in [-0.39, 0.29) is 43.2 Å². The monoisotopic (exact) mass is 1040 g/mol. The third kappa shape index (κ3) is 7.12. The Labute approximate surface area is 405 Å². The molecule has 0 bridgehead atoms. The van der Waals surface area contributed by atoms with Crippen molar-refractivity contribution in [1.82, 2.24) is 14.5 Å². The van der Waals surface area contributed by atoms with Crippen molar-refractivity contribution in [2.45, 2.75) is 45.4 Å². The molecule has 10 aromatic rings. The number of aryl methyl sites for hydroxylation is 1. The number of aromatic nitrogens is 3. The number of hydrogen-bond donors (Lipinski definition) is 1. The van der Waals surface area contributed by atoms with Crippen molar-refractivity contribution in [2.75, 3.05) is 0 Å². The maximum absolute atomic E-state index is 11.5. The second kappa shape index (κ2) is 16.7. The second-order valence-electron chi connectivity index (χ2n) is 18.1. The van der Waals surface area contributed by atoms with E-state index < -0.39 is 6.85 Å². The summed E-state index contributed by atoms with van der Waals surface area (Å²) in [4.78, 5) is 10.5. The van der Waals surface area contributed by atoms with Crippen LogP contribution in [0.25, 0.3) is 83.9 Å². The summed E-state index contributed by atoms with van der Waals surface area (Å²) in [5.41, 5.74) is 16.9. The SMILES string of the molecule is [2H]C([2H])([2H])c1ccc(-n2c(-c3ccccc3O)nc3c(-c4[c-]c(-c5cc(-c6ccc(C(C)(C)c7ccccc7)cc6)ccn5)cc5c4-c4ccccc4C5(C)C)cccc32)c(-c2ccccc2)c1.[Pt]. The first-order valence-electron chi connectivity index (χ1n) is 23.6. The molecule has 0 unspecified atom stereocenters. The zero-order chi connectivity index (χ0) is 47.0. The van der Waals surface area contributed by atoms with Crippen LogP contribution >= 0.6 is 0 Å². The van der Waals surface area contributed by atoms with Gasteiger partial charge in [-0.25, -0.2) is 4.98 Å². The van der Waals surface area contributed by atoms with Gasteiger partial charge in [0.05, 0.1) is 22.3 Å². The van der Waals surface area contributed by atoms with E-state index in [4.69, 9.17) is 14.1 Å². The van der Waals surface area contributed by atoms with Crippen LogP contribution in [-0.4, -0.2) is 19.6 Å². The molecule has 0 spiro atoms. The molecule has 324 valence electrons. The van der Waals surface area contributed by atoms with E-state index in [1.807, 2.05) is 66.9 Å². The summed E-state index contributed by atoms with van der Waals surface area (Å²) in [6.45, 7) is 6.78. The third-order valence-electron chi connectivity index (χ3n) is 13.5. The Balaban J connectivity index is 0.00000553. The number of para-hydroxylation sites is 2. The number of fused-ring (bicyclic) bond motifs is 4. The normalized spacial score (nSPS) is 13.5. The van der Waals surface area contributed by atoms with Gasteiger partial charge < -0.3 is 5.11 Å². The Kier molecular flexibility index (Phi) is 9.93. The molecule has 0 aliphatic heterocycles. The zero-order valence-corrected chi connectivity index (χ0v) is 39.4. The van der Waals surface area contributed by atoms with E-state index in [0.717, 1.165) is 67.0 Å². The molecule has 0 fully saturated rings. The molecule has 0 amide bonds. The van der Waals surface area contributed by atoms with Gasteiger partial charge >= 0.3 is 0 Å². The summed E-state index contributed by atoms with van der Waals surface area (Å²) in [5, 5.41) is 11.5. The van der Waals surface area contributed by atoms with Crippen molar-refractivity contribution < 1.29 is 30.3 Å². The first-order valence-corrected chi connectivity index (χ1v) is 22.1. The Hall–Kier alpha value is -7.13. The van der Waals surface area contributed by atoms with Gasteiger partial charge in [0.1, 0.15) is 11.6 Å². The molecule has 1 aliphatic rings. The number of benzene rings is 8. The van der Waals surface area contributed by atoms with E-state index in [2.05, 4.69) is 141 Å². The minimum absolute atomic E-state index is 0. The number of phenols is 1. The molecule has 4 nitrogen and oxygen atoms in total. The first-order chi connectivity index (χ1) is 32.8. The van der Waals surface area contributed by atoms with Crippen molar-refractivity contribution >= 4 is 11.0 Å². The summed E-state index contributed by atoms with van der Waals surface area (Å²) in [6, 6.07) is 67.1. The number of nitrogens with zero attached hydrogens (tertiary/aromatic N) is 3. The van der Waals surface area contributed by atoms with Crippen molar-refractivity contribution in [1.29, 1.82) is 0 Å². The molecule has 0 atom stereocenters. The Morgan fingerprint density at radius 1 is 0.606 bits per heavy atom. The summed E-state index contributed by atoms with van der Waals surface area (Å²) >= 11 is 0. The minimum Gasteiger partial charge on any atom is -0.507 e. The molecule has 66 heavy (non-hydrogen) atoms. The van der Waals surface area contributed by atoms with Gasteiger partial charge in [0, 0.05) is 53.5 Å². The molecular weight excluding hydrogens is 986 g/mol. The molecular formula is C61H48N3OPt-. The van der Waals surface area contributed by atoms with E-state index >= 15 is 0 Å².